The predicted molar refractivity (Wildman–Crippen MR) is 132 cm³/mol. The Kier molecular flexibility index (Phi) is 7.14. The van der Waals surface area contributed by atoms with Crippen LogP contribution in [0.4, 0.5) is 40.8 Å². The monoisotopic (exact) mass is 570 g/mol. The van der Waals surface area contributed by atoms with Gasteiger partial charge in [0.1, 0.15) is 11.6 Å². The van der Waals surface area contributed by atoms with Crippen LogP contribution in [0.5, 0.6) is 0 Å². The number of aromatic nitrogens is 3. The van der Waals surface area contributed by atoms with E-state index in [0.29, 0.717) is 18.2 Å². The van der Waals surface area contributed by atoms with Gasteiger partial charge < -0.3 is 4.90 Å². The van der Waals surface area contributed by atoms with Crippen LogP contribution >= 0.6 is 0 Å². The van der Waals surface area contributed by atoms with Crippen molar-refractivity contribution < 1.29 is 39.9 Å². The maximum absolute atomic E-state index is 15.1. The van der Waals surface area contributed by atoms with Crippen LogP contribution in [0.15, 0.2) is 42.6 Å². The molecular formula is C27H22F8N4O. The van der Waals surface area contributed by atoms with Crippen molar-refractivity contribution in [2.75, 3.05) is 11.9 Å². The molecule has 5 nitrogen and oxygen atoms in total. The first-order chi connectivity index (χ1) is 18.5. The van der Waals surface area contributed by atoms with Crippen molar-refractivity contribution in [1.82, 2.24) is 15.2 Å². The number of likely N-dealkylation sites (N-methyl/N-ethyl adjacent to an activating group) is 1. The Hall–Kier alpha value is -4.03. The number of halogens is 8. The number of pyridine rings is 1. The molecule has 0 aliphatic carbocycles. The van der Waals surface area contributed by atoms with E-state index in [-0.39, 0.29) is 46.0 Å². The summed E-state index contributed by atoms with van der Waals surface area (Å²) in [5, 5.41) is 6.83. The number of hydrogen-bond donors (Lipinski definition) is 1. The average Bonchev–Trinajstić information content (AvgIpc) is 3.34. The second-order valence-corrected chi connectivity index (χ2v) is 9.68. The van der Waals surface area contributed by atoms with Crippen molar-refractivity contribution in [3.05, 3.63) is 76.6 Å². The van der Waals surface area contributed by atoms with E-state index in [1.54, 1.807) is 6.92 Å². The molecule has 0 saturated carbocycles. The van der Waals surface area contributed by atoms with Gasteiger partial charge >= 0.3 is 12.4 Å². The third-order valence-corrected chi connectivity index (χ3v) is 6.66. The highest BCUT2D eigenvalue weighted by atomic mass is 19.4. The number of rotatable bonds is 5. The van der Waals surface area contributed by atoms with Crippen molar-refractivity contribution in [3.63, 3.8) is 0 Å². The van der Waals surface area contributed by atoms with Gasteiger partial charge in [-0.2, -0.15) is 31.4 Å². The van der Waals surface area contributed by atoms with Crippen LogP contribution in [-0.4, -0.2) is 28.1 Å². The summed E-state index contributed by atoms with van der Waals surface area (Å²) in [4.78, 5) is 19.4. The van der Waals surface area contributed by atoms with Crippen molar-refractivity contribution in [3.8, 4) is 11.1 Å². The van der Waals surface area contributed by atoms with Crippen LogP contribution in [0.1, 0.15) is 43.2 Å². The summed E-state index contributed by atoms with van der Waals surface area (Å²) >= 11 is 0. The lowest BCUT2D eigenvalue weighted by molar-refractivity contribution is -0.143. The lowest BCUT2D eigenvalue weighted by atomic mass is 9.81. The smallest absolute Gasteiger partial charge is 0.312 e. The third kappa shape index (κ3) is 5.11. The number of H-pyrrole nitrogens is 1. The number of benzene rings is 2. The van der Waals surface area contributed by atoms with E-state index >= 15 is 4.39 Å². The minimum atomic E-state index is -5.11. The molecular weight excluding hydrogens is 548 g/mol. The molecule has 0 spiro atoms. The number of anilines is 1. The van der Waals surface area contributed by atoms with Crippen LogP contribution in [0.25, 0.3) is 22.2 Å². The number of nitrogens with zero attached hydrogens (tertiary/aromatic N) is 3. The fourth-order valence-electron chi connectivity index (χ4n) is 4.54. The Bertz CT molecular complexity index is 1570. The Morgan fingerprint density at radius 1 is 0.925 bits per heavy atom. The van der Waals surface area contributed by atoms with Crippen LogP contribution in [0.3, 0.4) is 0 Å². The number of hydrogen-bond acceptors (Lipinski definition) is 3. The van der Waals surface area contributed by atoms with Gasteiger partial charge in [0.25, 0.3) is 0 Å². The van der Waals surface area contributed by atoms with Gasteiger partial charge in [-0.3, -0.25) is 9.89 Å². The topological polar surface area (TPSA) is 61.9 Å². The van der Waals surface area contributed by atoms with Crippen molar-refractivity contribution >= 4 is 22.6 Å². The molecule has 13 heteroatoms. The van der Waals surface area contributed by atoms with E-state index in [1.807, 2.05) is 0 Å². The molecule has 0 unspecified atom stereocenters. The number of aromatic amines is 1. The number of nitrogens with one attached hydrogen (secondary N) is 1. The molecule has 40 heavy (non-hydrogen) atoms. The minimum absolute atomic E-state index is 0.0187. The summed E-state index contributed by atoms with van der Waals surface area (Å²) in [5.41, 5.74) is -5.08. The Labute approximate surface area is 222 Å². The molecule has 0 atom stereocenters. The number of carbonyl (C=O) groups excluding carboxylic acids is 1. The molecule has 0 aliphatic heterocycles. The maximum Gasteiger partial charge on any atom is 0.416 e. The number of amides is 1. The van der Waals surface area contributed by atoms with Crippen molar-refractivity contribution in [2.24, 2.45) is 0 Å². The van der Waals surface area contributed by atoms with Gasteiger partial charge in [-0.25, -0.2) is 13.8 Å². The van der Waals surface area contributed by atoms with Crippen molar-refractivity contribution in [1.29, 1.82) is 0 Å². The fraction of sp³-hybridized carbons (Fsp3) is 0.296. The summed E-state index contributed by atoms with van der Waals surface area (Å²) in [7, 11) is 1.26. The molecule has 2 aromatic heterocycles. The molecule has 2 aromatic carbocycles. The summed E-state index contributed by atoms with van der Waals surface area (Å²) < 4.78 is 110. The number of carbonyl (C=O) groups is 1. The highest BCUT2D eigenvalue weighted by Crippen LogP contribution is 2.43. The molecule has 2 heterocycles. The van der Waals surface area contributed by atoms with E-state index in [0.717, 1.165) is 17.0 Å². The Morgan fingerprint density at radius 2 is 1.50 bits per heavy atom. The largest absolute Gasteiger partial charge is 0.416 e. The standard InChI is InChI=1S/C27H22F8N4O/c1-5-20-22(21(18-12-36-38-23(18)37-20)17-7-6-16(28)11-19(17)29)39(4)24(40)25(2,3)13-8-14(26(30,31)32)10-15(9-13)27(33,34)35/h6-12H,5H2,1-4H3,(H,36,37,38). The zero-order chi connectivity index (χ0) is 29.8. The Balaban J connectivity index is 1.94. The Morgan fingerprint density at radius 3 is 2.02 bits per heavy atom. The van der Waals surface area contributed by atoms with Gasteiger partial charge in [-0.15, -0.1) is 0 Å². The van der Waals surface area contributed by atoms with Crippen LogP contribution in [0.2, 0.25) is 0 Å². The van der Waals surface area contributed by atoms with Gasteiger partial charge in [0.05, 0.1) is 34.1 Å². The number of aryl methyl sites for hydroxylation is 1. The zero-order valence-electron chi connectivity index (χ0n) is 21.5. The molecule has 0 fully saturated rings. The maximum atomic E-state index is 15.1. The average molecular weight is 570 g/mol. The molecule has 4 aromatic rings. The zero-order valence-corrected chi connectivity index (χ0v) is 21.5. The van der Waals surface area contributed by atoms with E-state index in [9.17, 15) is 35.5 Å². The van der Waals surface area contributed by atoms with Gasteiger partial charge in [0, 0.05) is 29.6 Å². The van der Waals surface area contributed by atoms with Crippen molar-refractivity contribution in [2.45, 2.75) is 45.0 Å². The normalized spacial score (nSPS) is 12.7. The first-order valence-corrected chi connectivity index (χ1v) is 11.9. The lowest BCUT2D eigenvalue weighted by Crippen LogP contribution is -2.42. The van der Waals surface area contributed by atoms with Crippen LogP contribution in [-0.2, 0) is 29.0 Å². The molecule has 0 aliphatic rings. The molecule has 1 N–H and O–H groups in total. The molecule has 0 radical (unpaired) electrons. The van der Waals surface area contributed by atoms with E-state index in [2.05, 4.69) is 15.2 Å². The van der Waals surface area contributed by atoms with Crippen LogP contribution in [0, 0.1) is 11.6 Å². The molecule has 4 rings (SSSR count). The summed E-state index contributed by atoms with van der Waals surface area (Å²) in [6.45, 7) is 4.06. The second-order valence-electron chi connectivity index (χ2n) is 9.68. The second kappa shape index (κ2) is 9.86. The SMILES string of the molecule is CCc1nc2[nH]ncc2c(-c2ccc(F)cc2F)c1N(C)C(=O)C(C)(C)c1cc(C(F)(F)F)cc(C(F)(F)F)c1. The van der Waals surface area contributed by atoms with E-state index in [4.69, 9.17) is 0 Å². The first-order valence-electron chi connectivity index (χ1n) is 11.9. The number of fused-ring (bicyclic) bond motifs is 1. The van der Waals surface area contributed by atoms with Gasteiger partial charge in [0.2, 0.25) is 5.91 Å². The quantitative estimate of drug-likeness (QED) is 0.254. The highest BCUT2D eigenvalue weighted by molar-refractivity contribution is 6.08. The molecule has 1 amide bonds. The van der Waals surface area contributed by atoms with E-state index < -0.39 is 52.0 Å². The van der Waals surface area contributed by atoms with E-state index in [1.165, 1.54) is 27.1 Å². The van der Waals surface area contributed by atoms with Gasteiger partial charge in [0.15, 0.2) is 5.65 Å². The third-order valence-electron chi connectivity index (χ3n) is 6.66. The minimum Gasteiger partial charge on any atom is -0.312 e. The molecule has 0 saturated heterocycles. The molecule has 212 valence electrons. The highest BCUT2D eigenvalue weighted by Gasteiger charge is 2.41. The van der Waals surface area contributed by atoms with Crippen LogP contribution < -0.4 is 4.90 Å². The summed E-state index contributed by atoms with van der Waals surface area (Å²) in [5.74, 6) is -2.72. The molecule has 0 bridgehead atoms. The summed E-state index contributed by atoms with van der Waals surface area (Å²) in [6, 6.07) is 3.79. The predicted octanol–water partition coefficient (Wildman–Crippen LogP) is 7.44. The van der Waals surface area contributed by atoms with Gasteiger partial charge in [-0.1, -0.05) is 6.92 Å². The lowest BCUT2D eigenvalue weighted by Gasteiger charge is -2.33. The first kappa shape index (κ1) is 29.0. The van der Waals surface area contributed by atoms with Gasteiger partial charge in [-0.05, 0) is 56.2 Å². The summed E-state index contributed by atoms with van der Waals surface area (Å²) in [6.07, 6.45) is -8.71. The number of alkyl halides is 6. The fourth-order valence-corrected chi connectivity index (χ4v) is 4.54.